The van der Waals surface area contributed by atoms with Gasteiger partial charge in [0.1, 0.15) is 5.75 Å². The Hall–Kier alpha value is -3.02. The number of amides is 2. The van der Waals surface area contributed by atoms with Crippen molar-refractivity contribution in [3.63, 3.8) is 0 Å². The maximum absolute atomic E-state index is 12.4. The SMILES string of the molecule is CC(C)COc1ccccc1NC(=O)CNc1ccc(C(=O)NC2CCCCC2)cc1. The van der Waals surface area contributed by atoms with Crippen LogP contribution >= 0.6 is 0 Å². The highest BCUT2D eigenvalue weighted by Crippen LogP contribution is 2.24. The van der Waals surface area contributed by atoms with E-state index in [9.17, 15) is 9.59 Å². The van der Waals surface area contributed by atoms with Gasteiger partial charge in [-0.1, -0.05) is 45.2 Å². The number of para-hydroxylation sites is 2. The Labute approximate surface area is 184 Å². The minimum Gasteiger partial charge on any atom is -0.491 e. The van der Waals surface area contributed by atoms with Gasteiger partial charge in [0.25, 0.3) is 5.91 Å². The molecule has 0 bridgehead atoms. The normalized spacial score (nSPS) is 14.2. The van der Waals surface area contributed by atoms with Crippen molar-refractivity contribution in [2.75, 3.05) is 23.8 Å². The van der Waals surface area contributed by atoms with E-state index in [0.29, 0.717) is 29.5 Å². The van der Waals surface area contributed by atoms with Gasteiger partial charge in [0.2, 0.25) is 5.91 Å². The van der Waals surface area contributed by atoms with Crippen LogP contribution < -0.4 is 20.7 Å². The summed E-state index contributed by atoms with van der Waals surface area (Å²) < 4.78 is 5.78. The zero-order chi connectivity index (χ0) is 22.1. The number of nitrogens with one attached hydrogen (secondary N) is 3. The molecule has 1 aliphatic rings. The van der Waals surface area contributed by atoms with E-state index in [0.717, 1.165) is 18.5 Å². The van der Waals surface area contributed by atoms with Crippen molar-refractivity contribution in [1.29, 1.82) is 0 Å². The quantitative estimate of drug-likeness (QED) is 0.539. The third kappa shape index (κ3) is 7.31. The first-order valence-electron chi connectivity index (χ1n) is 11.2. The number of hydrogen-bond donors (Lipinski definition) is 3. The summed E-state index contributed by atoms with van der Waals surface area (Å²) in [5.74, 6) is 0.866. The monoisotopic (exact) mass is 423 g/mol. The molecule has 2 amide bonds. The average Bonchev–Trinajstić information content (AvgIpc) is 2.78. The minimum absolute atomic E-state index is 0.0332. The van der Waals surface area contributed by atoms with E-state index in [4.69, 9.17) is 4.74 Å². The molecule has 0 saturated heterocycles. The Bertz CT molecular complexity index is 859. The number of anilines is 2. The number of hydrogen-bond acceptors (Lipinski definition) is 4. The highest BCUT2D eigenvalue weighted by Gasteiger charge is 2.16. The van der Waals surface area contributed by atoms with Gasteiger partial charge in [0.15, 0.2) is 0 Å². The largest absolute Gasteiger partial charge is 0.491 e. The van der Waals surface area contributed by atoms with Crippen molar-refractivity contribution in [2.45, 2.75) is 52.0 Å². The van der Waals surface area contributed by atoms with Gasteiger partial charge >= 0.3 is 0 Å². The molecule has 1 fully saturated rings. The van der Waals surface area contributed by atoms with Crippen LogP contribution in [0, 0.1) is 5.92 Å². The molecule has 6 heteroatoms. The van der Waals surface area contributed by atoms with E-state index in [-0.39, 0.29) is 24.4 Å². The standard InChI is InChI=1S/C25H33N3O3/c1-18(2)17-31-23-11-7-6-10-22(23)28-24(29)16-26-20-14-12-19(13-15-20)25(30)27-21-8-4-3-5-9-21/h6-7,10-15,18,21,26H,3-5,8-9,16-17H2,1-2H3,(H,27,30)(H,28,29). The van der Waals surface area contributed by atoms with Crippen LogP contribution in [0.1, 0.15) is 56.3 Å². The minimum atomic E-state index is -0.167. The van der Waals surface area contributed by atoms with Gasteiger partial charge in [-0.2, -0.15) is 0 Å². The molecule has 0 unspecified atom stereocenters. The van der Waals surface area contributed by atoms with Gasteiger partial charge in [0.05, 0.1) is 18.8 Å². The molecule has 0 aromatic heterocycles. The highest BCUT2D eigenvalue weighted by atomic mass is 16.5. The Morgan fingerprint density at radius 3 is 2.42 bits per heavy atom. The lowest BCUT2D eigenvalue weighted by Gasteiger charge is -2.22. The van der Waals surface area contributed by atoms with Crippen LogP contribution in [0.5, 0.6) is 5.75 Å². The lowest BCUT2D eigenvalue weighted by atomic mass is 9.95. The number of benzene rings is 2. The van der Waals surface area contributed by atoms with E-state index in [1.807, 2.05) is 36.4 Å². The zero-order valence-corrected chi connectivity index (χ0v) is 18.4. The Morgan fingerprint density at radius 1 is 1.00 bits per heavy atom. The second-order valence-corrected chi connectivity index (χ2v) is 8.49. The molecule has 0 spiro atoms. The molecule has 31 heavy (non-hydrogen) atoms. The number of ether oxygens (including phenoxy) is 1. The first kappa shape index (κ1) is 22.7. The predicted molar refractivity (Wildman–Crippen MR) is 125 cm³/mol. The summed E-state index contributed by atoms with van der Waals surface area (Å²) in [6, 6.07) is 14.9. The molecule has 3 N–H and O–H groups in total. The van der Waals surface area contributed by atoms with Crippen molar-refractivity contribution >= 4 is 23.2 Å². The Balaban J connectivity index is 1.48. The molecule has 3 rings (SSSR count). The second kappa shape index (κ2) is 11.4. The Morgan fingerprint density at radius 2 is 1.71 bits per heavy atom. The van der Waals surface area contributed by atoms with Crippen molar-refractivity contribution < 1.29 is 14.3 Å². The molecule has 0 aliphatic heterocycles. The first-order chi connectivity index (χ1) is 15.0. The average molecular weight is 424 g/mol. The van der Waals surface area contributed by atoms with Gasteiger partial charge in [-0.25, -0.2) is 0 Å². The molecule has 0 radical (unpaired) electrons. The van der Waals surface area contributed by atoms with Crippen LogP contribution in [-0.4, -0.2) is 31.0 Å². The number of carbonyl (C=O) groups excluding carboxylic acids is 2. The van der Waals surface area contributed by atoms with E-state index in [1.54, 1.807) is 12.1 Å². The van der Waals surface area contributed by atoms with Crippen LogP contribution in [0.25, 0.3) is 0 Å². The molecule has 166 valence electrons. The van der Waals surface area contributed by atoms with Crippen LogP contribution in [-0.2, 0) is 4.79 Å². The molecule has 0 heterocycles. The van der Waals surface area contributed by atoms with Crippen LogP contribution in [0.4, 0.5) is 11.4 Å². The predicted octanol–water partition coefficient (Wildman–Crippen LogP) is 4.83. The van der Waals surface area contributed by atoms with Gasteiger partial charge in [-0.15, -0.1) is 0 Å². The van der Waals surface area contributed by atoms with Crippen LogP contribution in [0.2, 0.25) is 0 Å². The lowest BCUT2D eigenvalue weighted by molar-refractivity contribution is -0.114. The summed E-state index contributed by atoms with van der Waals surface area (Å²) >= 11 is 0. The van der Waals surface area contributed by atoms with Gasteiger partial charge in [-0.3, -0.25) is 9.59 Å². The van der Waals surface area contributed by atoms with Gasteiger partial charge in [-0.05, 0) is 55.2 Å². The topological polar surface area (TPSA) is 79.5 Å². The van der Waals surface area contributed by atoms with E-state index < -0.39 is 0 Å². The molecular formula is C25H33N3O3. The summed E-state index contributed by atoms with van der Waals surface area (Å²) in [5, 5.41) is 9.11. The second-order valence-electron chi connectivity index (χ2n) is 8.49. The van der Waals surface area contributed by atoms with E-state index >= 15 is 0 Å². The molecule has 1 saturated carbocycles. The maximum atomic E-state index is 12.4. The molecule has 1 aliphatic carbocycles. The maximum Gasteiger partial charge on any atom is 0.251 e. The molecular weight excluding hydrogens is 390 g/mol. The van der Waals surface area contributed by atoms with Crippen molar-refractivity contribution in [3.05, 3.63) is 54.1 Å². The van der Waals surface area contributed by atoms with Crippen LogP contribution in [0.15, 0.2) is 48.5 Å². The Kier molecular flexibility index (Phi) is 8.33. The lowest BCUT2D eigenvalue weighted by Crippen LogP contribution is -2.36. The van der Waals surface area contributed by atoms with Gasteiger partial charge < -0.3 is 20.7 Å². The van der Waals surface area contributed by atoms with E-state index in [2.05, 4.69) is 29.8 Å². The zero-order valence-electron chi connectivity index (χ0n) is 18.4. The molecule has 2 aromatic carbocycles. The highest BCUT2D eigenvalue weighted by molar-refractivity contribution is 5.96. The smallest absolute Gasteiger partial charge is 0.251 e. The van der Waals surface area contributed by atoms with Crippen molar-refractivity contribution in [2.24, 2.45) is 5.92 Å². The third-order valence-corrected chi connectivity index (χ3v) is 5.27. The summed E-state index contributed by atoms with van der Waals surface area (Å²) in [6.45, 7) is 4.87. The molecule has 0 atom stereocenters. The fourth-order valence-corrected chi connectivity index (χ4v) is 3.58. The number of carbonyl (C=O) groups is 2. The fraction of sp³-hybridized carbons (Fsp3) is 0.440. The van der Waals surface area contributed by atoms with Gasteiger partial charge in [0, 0.05) is 17.3 Å². The molecule has 6 nitrogen and oxygen atoms in total. The summed E-state index contributed by atoms with van der Waals surface area (Å²) in [6.07, 6.45) is 5.75. The first-order valence-corrected chi connectivity index (χ1v) is 11.2. The van der Waals surface area contributed by atoms with E-state index in [1.165, 1.54) is 19.3 Å². The van der Waals surface area contributed by atoms with Crippen LogP contribution in [0.3, 0.4) is 0 Å². The third-order valence-electron chi connectivity index (χ3n) is 5.27. The molecule has 2 aromatic rings. The summed E-state index contributed by atoms with van der Waals surface area (Å²) in [5.41, 5.74) is 2.08. The van der Waals surface area contributed by atoms with Crippen molar-refractivity contribution in [1.82, 2.24) is 5.32 Å². The summed E-state index contributed by atoms with van der Waals surface area (Å²) in [7, 11) is 0. The summed E-state index contributed by atoms with van der Waals surface area (Å²) in [4.78, 5) is 24.8. The number of rotatable bonds is 9. The van der Waals surface area contributed by atoms with Crippen molar-refractivity contribution in [3.8, 4) is 5.75 Å². The fourth-order valence-electron chi connectivity index (χ4n) is 3.58.